The smallest absolute Gasteiger partial charge is 0.317 e. The minimum Gasteiger partial charge on any atom is -0.320 e. The zero-order chi connectivity index (χ0) is 18.3. The van der Waals surface area contributed by atoms with E-state index >= 15 is 0 Å². The molecule has 2 N–H and O–H groups in total. The van der Waals surface area contributed by atoms with E-state index in [1.54, 1.807) is 9.80 Å². The van der Waals surface area contributed by atoms with E-state index in [4.69, 9.17) is 0 Å². The summed E-state index contributed by atoms with van der Waals surface area (Å²) in [5.74, 6) is 0.0821. The molecule has 2 heterocycles. The maximum Gasteiger partial charge on any atom is 0.317 e. The minimum absolute atomic E-state index is 0.0191. The number of hydrogen-bond donors (Lipinski definition) is 2. The third kappa shape index (κ3) is 3.49. The van der Waals surface area contributed by atoms with Gasteiger partial charge in [0.05, 0.1) is 13.3 Å². The normalized spacial score (nSPS) is 28.4. The lowest BCUT2D eigenvalue weighted by Gasteiger charge is -2.33. The largest absolute Gasteiger partial charge is 0.320 e. The van der Waals surface area contributed by atoms with Gasteiger partial charge < -0.3 is 20.4 Å². The zero-order valence-corrected chi connectivity index (χ0v) is 15.6. The Morgan fingerprint density at radius 2 is 1.25 bits per heavy atom. The van der Waals surface area contributed by atoms with Crippen molar-refractivity contribution in [2.24, 2.45) is 11.8 Å². The van der Waals surface area contributed by atoms with Gasteiger partial charge >= 0.3 is 6.03 Å². The van der Waals surface area contributed by atoms with Crippen LogP contribution in [-0.4, -0.2) is 52.1 Å². The first-order valence-corrected chi connectivity index (χ1v) is 8.60. The van der Waals surface area contributed by atoms with Crippen molar-refractivity contribution < 1.29 is 14.4 Å². The lowest BCUT2D eigenvalue weighted by atomic mass is 9.98. The molecule has 0 saturated carbocycles. The van der Waals surface area contributed by atoms with E-state index in [0.29, 0.717) is 0 Å². The van der Waals surface area contributed by atoms with Crippen LogP contribution in [0.1, 0.15) is 54.4 Å². The fourth-order valence-electron chi connectivity index (χ4n) is 3.97. The summed E-state index contributed by atoms with van der Waals surface area (Å²) in [6, 6.07) is -0.374. The highest BCUT2D eigenvalue weighted by Gasteiger charge is 2.43. The molecule has 24 heavy (non-hydrogen) atoms. The van der Waals surface area contributed by atoms with E-state index in [1.807, 2.05) is 41.5 Å². The van der Waals surface area contributed by atoms with Crippen molar-refractivity contribution in [3.63, 3.8) is 0 Å². The molecule has 7 heteroatoms. The number of hydrogen-bond acceptors (Lipinski definition) is 3. The van der Waals surface area contributed by atoms with Gasteiger partial charge in [-0.15, -0.1) is 0 Å². The quantitative estimate of drug-likeness (QED) is 0.815. The molecular formula is C17H30N4O3. The van der Waals surface area contributed by atoms with Crippen LogP contribution in [0.2, 0.25) is 0 Å². The Labute approximate surface area is 144 Å². The van der Waals surface area contributed by atoms with Crippen LogP contribution in [0.3, 0.4) is 0 Å². The molecule has 0 bridgehead atoms. The predicted octanol–water partition coefficient (Wildman–Crippen LogP) is 1.49. The van der Waals surface area contributed by atoms with Gasteiger partial charge in [0, 0.05) is 22.9 Å². The Morgan fingerprint density at radius 3 is 1.50 bits per heavy atom. The average Bonchev–Trinajstić information content (AvgIpc) is 2.76. The fourth-order valence-corrected chi connectivity index (χ4v) is 3.97. The van der Waals surface area contributed by atoms with Gasteiger partial charge in [0.15, 0.2) is 0 Å². The maximum absolute atomic E-state index is 12.2. The van der Waals surface area contributed by atoms with E-state index in [9.17, 15) is 14.4 Å². The molecule has 1 unspecified atom stereocenters. The second-order valence-electron chi connectivity index (χ2n) is 8.37. The number of carbonyl (C=O) groups excluding carboxylic acids is 3. The molecule has 2 saturated heterocycles. The molecule has 0 aromatic heterocycles. The highest BCUT2D eigenvalue weighted by atomic mass is 16.2. The van der Waals surface area contributed by atoms with Gasteiger partial charge in [-0.2, -0.15) is 0 Å². The minimum atomic E-state index is -0.374. The first kappa shape index (κ1) is 18.5. The summed E-state index contributed by atoms with van der Waals surface area (Å²) in [7, 11) is 0. The molecule has 4 amide bonds. The van der Waals surface area contributed by atoms with Crippen LogP contribution < -0.4 is 10.6 Å². The Hall–Kier alpha value is -1.79. The van der Waals surface area contributed by atoms with Crippen molar-refractivity contribution in [1.29, 1.82) is 0 Å². The second kappa shape index (κ2) is 6.26. The van der Waals surface area contributed by atoms with Gasteiger partial charge in [-0.05, 0) is 40.5 Å². The predicted molar refractivity (Wildman–Crippen MR) is 90.8 cm³/mol. The second-order valence-corrected chi connectivity index (χ2v) is 8.37. The number of nitrogens with zero attached hydrogens (tertiary/aromatic N) is 2. The lowest BCUT2D eigenvalue weighted by molar-refractivity contribution is -0.133. The van der Waals surface area contributed by atoms with Crippen molar-refractivity contribution in [3.8, 4) is 0 Å². The van der Waals surface area contributed by atoms with Gasteiger partial charge in [0.1, 0.15) is 0 Å². The van der Waals surface area contributed by atoms with Crippen molar-refractivity contribution in [2.45, 2.75) is 65.5 Å². The third-order valence-corrected chi connectivity index (χ3v) is 5.24. The molecule has 2 aliphatic heterocycles. The van der Waals surface area contributed by atoms with Gasteiger partial charge in [-0.25, -0.2) is 4.79 Å². The van der Waals surface area contributed by atoms with Crippen LogP contribution in [0.4, 0.5) is 4.79 Å². The Balaban J connectivity index is 1.84. The fraction of sp³-hybridized carbons (Fsp3) is 0.824. The summed E-state index contributed by atoms with van der Waals surface area (Å²) in [6.07, 6.45) is 1.56. The molecule has 0 aliphatic carbocycles. The lowest BCUT2D eigenvalue weighted by Crippen LogP contribution is -2.53. The number of carbonyl (C=O) groups is 3. The van der Waals surface area contributed by atoms with Crippen LogP contribution >= 0.6 is 0 Å². The van der Waals surface area contributed by atoms with E-state index in [1.165, 1.54) is 0 Å². The highest BCUT2D eigenvalue weighted by Crippen LogP contribution is 2.33. The number of amides is 4. The van der Waals surface area contributed by atoms with E-state index in [2.05, 4.69) is 10.6 Å². The van der Waals surface area contributed by atoms with Crippen LogP contribution in [0, 0.1) is 11.8 Å². The Kier molecular flexibility index (Phi) is 4.84. The van der Waals surface area contributed by atoms with Gasteiger partial charge in [-0.3, -0.25) is 9.59 Å². The van der Waals surface area contributed by atoms with E-state index in [0.717, 1.165) is 12.8 Å². The van der Waals surface area contributed by atoms with Gasteiger partial charge in [0.25, 0.3) is 0 Å². The summed E-state index contributed by atoms with van der Waals surface area (Å²) >= 11 is 0. The average molecular weight is 338 g/mol. The number of urea groups is 1. The number of rotatable bonds is 4. The molecule has 0 spiro atoms. The summed E-state index contributed by atoms with van der Waals surface area (Å²) in [6.45, 7) is 12.2. The molecule has 0 radical (unpaired) electrons. The molecular weight excluding hydrogens is 308 g/mol. The monoisotopic (exact) mass is 338 g/mol. The molecule has 2 atom stereocenters. The van der Waals surface area contributed by atoms with E-state index in [-0.39, 0.29) is 54.1 Å². The summed E-state index contributed by atoms with van der Waals surface area (Å²) in [4.78, 5) is 39.8. The summed E-state index contributed by atoms with van der Waals surface area (Å²) in [5.41, 5.74) is -0.516. The first-order chi connectivity index (χ1) is 11.0. The summed E-state index contributed by atoms with van der Waals surface area (Å²) in [5, 5.41) is 5.45. The molecule has 136 valence electrons. The van der Waals surface area contributed by atoms with Crippen LogP contribution in [0.15, 0.2) is 0 Å². The van der Waals surface area contributed by atoms with Crippen molar-refractivity contribution in [2.75, 3.05) is 13.3 Å². The third-order valence-electron chi connectivity index (χ3n) is 5.24. The zero-order valence-electron chi connectivity index (χ0n) is 15.6. The summed E-state index contributed by atoms with van der Waals surface area (Å²) < 4.78 is 0. The van der Waals surface area contributed by atoms with Crippen LogP contribution in [-0.2, 0) is 9.59 Å². The van der Waals surface area contributed by atoms with Crippen molar-refractivity contribution >= 4 is 17.8 Å². The van der Waals surface area contributed by atoms with Gasteiger partial charge in [-0.1, -0.05) is 13.8 Å². The number of likely N-dealkylation sites (tertiary alicyclic amines) is 2. The Bertz CT molecular complexity index is 498. The van der Waals surface area contributed by atoms with Gasteiger partial charge in [0.2, 0.25) is 11.8 Å². The molecule has 2 rings (SSSR count). The molecule has 2 aliphatic rings. The molecule has 7 nitrogen and oxygen atoms in total. The SMILES string of the molecule is CC1CC(C)(C)N(CNC(=O)NCN2C(=O)[C@H](C)CC2(C)C)C1=O. The van der Waals surface area contributed by atoms with Crippen molar-refractivity contribution in [3.05, 3.63) is 0 Å². The Morgan fingerprint density at radius 1 is 0.917 bits per heavy atom. The molecule has 0 aromatic carbocycles. The molecule has 0 aromatic rings. The standard InChI is InChI=1S/C17H30N4O3/c1-11-7-16(3,4)20(13(11)22)9-18-15(24)19-10-21-14(23)12(2)8-17(21,5)6/h11-12H,7-10H2,1-6H3,(H2,18,19,24)/t11-,12?/m1/s1. The first-order valence-electron chi connectivity index (χ1n) is 8.60. The topological polar surface area (TPSA) is 81.8 Å². The van der Waals surface area contributed by atoms with Crippen molar-refractivity contribution in [1.82, 2.24) is 20.4 Å². The number of nitrogens with one attached hydrogen (secondary N) is 2. The van der Waals surface area contributed by atoms with Crippen LogP contribution in [0.5, 0.6) is 0 Å². The maximum atomic E-state index is 12.2. The van der Waals surface area contributed by atoms with E-state index < -0.39 is 0 Å². The highest BCUT2D eigenvalue weighted by molar-refractivity contribution is 5.83. The van der Waals surface area contributed by atoms with Crippen LogP contribution in [0.25, 0.3) is 0 Å². The molecule has 2 fully saturated rings.